The number of hydrogen-bond acceptors (Lipinski definition) is 4. The van der Waals surface area contributed by atoms with E-state index in [-0.39, 0.29) is 10.8 Å². The summed E-state index contributed by atoms with van der Waals surface area (Å²) in [5.74, 6) is 6.74. The van der Waals surface area contributed by atoms with Gasteiger partial charge in [-0.25, -0.2) is 9.97 Å². The minimum absolute atomic E-state index is 0.0460. The number of nitrogens with zero attached hydrogens (tertiary/aromatic N) is 2. The van der Waals surface area contributed by atoms with E-state index in [9.17, 15) is 0 Å². The zero-order valence-electron chi connectivity index (χ0n) is 27.1. The summed E-state index contributed by atoms with van der Waals surface area (Å²) in [7, 11) is 0. The number of fused-ring (bicyclic) bond motifs is 2. The summed E-state index contributed by atoms with van der Waals surface area (Å²) in [6.45, 7) is 13.2. The van der Waals surface area contributed by atoms with Crippen molar-refractivity contribution in [1.29, 1.82) is 0 Å². The monoisotopic (exact) mass is 632 g/mol. The van der Waals surface area contributed by atoms with E-state index in [1.807, 2.05) is 11.3 Å². The normalized spacial score (nSPS) is 12.0. The van der Waals surface area contributed by atoms with Crippen LogP contribution in [0.25, 0.3) is 65.2 Å². The maximum atomic E-state index is 5.31. The Labute approximate surface area is 279 Å². The first-order valence-corrected chi connectivity index (χ1v) is 17.3. The van der Waals surface area contributed by atoms with Gasteiger partial charge in [0.25, 0.3) is 0 Å². The Kier molecular flexibility index (Phi) is 7.64. The van der Waals surface area contributed by atoms with Crippen LogP contribution in [0.3, 0.4) is 0 Å². The molecular weight excluding hydrogens is 597 g/mol. The highest BCUT2D eigenvalue weighted by Gasteiger charge is 2.19. The number of pyridine rings is 2. The van der Waals surface area contributed by atoms with Crippen LogP contribution < -0.4 is 0 Å². The summed E-state index contributed by atoms with van der Waals surface area (Å²) in [5.41, 5.74) is 8.57. The first-order chi connectivity index (χ1) is 22.0. The molecule has 0 N–H and O–H groups in total. The van der Waals surface area contributed by atoms with E-state index in [1.165, 1.54) is 15.3 Å². The molecule has 0 radical (unpaired) electrons. The fourth-order valence-corrected chi connectivity index (χ4v) is 7.43. The van der Waals surface area contributed by atoms with Gasteiger partial charge in [0.2, 0.25) is 0 Å². The van der Waals surface area contributed by atoms with E-state index in [2.05, 4.69) is 163 Å². The molecule has 0 saturated carbocycles. The van der Waals surface area contributed by atoms with Crippen molar-refractivity contribution in [2.24, 2.45) is 5.41 Å². The first-order valence-electron chi connectivity index (χ1n) is 15.7. The number of rotatable bonds is 4. The number of benzene rings is 3. The van der Waals surface area contributed by atoms with E-state index in [0.29, 0.717) is 0 Å². The quantitative estimate of drug-likeness (QED) is 0.142. The van der Waals surface area contributed by atoms with E-state index < -0.39 is 0 Å². The molecule has 0 spiro atoms. The van der Waals surface area contributed by atoms with E-state index >= 15 is 0 Å². The van der Waals surface area contributed by atoms with Gasteiger partial charge in [-0.1, -0.05) is 93.3 Å². The van der Waals surface area contributed by atoms with Gasteiger partial charge < -0.3 is 0 Å². The second kappa shape index (κ2) is 11.7. The summed E-state index contributed by atoms with van der Waals surface area (Å²) < 4.78 is 0. The lowest BCUT2D eigenvalue weighted by atomic mass is 9.94. The predicted molar refractivity (Wildman–Crippen MR) is 200 cm³/mol. The van der Waals surface area contributed by atoms with Gasteiger partial charge in [0.05, 0.1) is 37.1 Å². The van der Waals surface area contributed by atoms with Gasteiger partial charge >= 0.3 is 0 Å². The zero-order valence-corrected chi connectivity index (χ0v) is 28.7. The summed E-state index contributed by atoms with van der Waals surface area (Å²) in [4.78, 5) is 15.3. The fourth-order valence-electron chi connectivity index (χ4n) is 5.58. The molecular formula is C42H36N2S2. The Morgan fingerprint density at radius 2 is 1.04 bits per heavy atom. The third kappa shape index (κ3) is 6.14. The molecule has 0 aliphatic heterocycles. The molecule has 0 aliphatic rings. The molecule has 4 heterocycles. The molecule has 4 heteroatoms. The molecule has 0 atom stereocenters. The average molecular weight is 633 g/mol. The van der Waals surface area contributed by atoms with Gasteiger partial charge in [0.1, 0.15) is 0 Å². The van der Waals surface area contributed by atoms with Crippen LogP contribution >= 0.6 is 22.7 Å². The number of aromatic nitrogens is 2. The smallest absolute Gasteiger partial charge is 0.0816 e. The highest BCUT2D eigenvalue weighted by atomic mass is 32.1. The Morgan fingerprint density at radius 3 is 1.52 bits per heavy atom. The van der Waals surface area contributed by atoms with Crippen LogP contribution in [0.4, 0.5) is 0 Å². The summed E-state index contributed by atoms with van der Waals surface area (Å²) in [6, 6.07) is 39.0. The van der Waals surface area contributed by atoms with Crippen LogP contribution in [0.5, 0.6) is 0 Å². The molecule has 2 nitrogen and oxygen atoms in total. The topological polar surface area (TPSA) is 25.8 Å². The molecule has 46 heavy (non-hydrogen) atoms. The average Bonchev–Trinajstić information content (AvgIpc) is 3.73. The van der Waals surface area contributed by atoms with Crippen molar-refractivity contribution < 1.29 is 0 Å². The lowest BCUT2D eigenvalue weighted by Crippen LogP contribution is -2.07. The molecule has 226 valence electrons. The molecule has 0 aliphatic carbocycles. The van der Waals surface area contributed by atoms with Crippen molar-refractivity contribution in [3.8, 4) is 55.2 Å². The summed E-state index contributed by atoms with van der Waals surface area (Å²) in [6.07, 6.45) is 0. The van der Waals surface area contributed by atoms with E-state index in [4.69, 9.17) is 9.97 Å². The third-order valence-corrected chi connectivity index (χ3v) is 10.5. The second-order valence-electron chi connectivity index (χ2n) is 13.8. The molecule has 7 rings (SSSR count). The van der Waals surface area contributed by atoms with Crippen molar-refractivity contribution in [2.45, 2.75) is 47.0 Å². The highest BCUT2D eigenvalue weighted by Crippen LogP contribution is 2.41. The Morgan fingerprint density at radius 1 is 0.543 bits per heavy atom. The van der Waals surface area contributed by atoms with Crippen molar-refractivity contribution in [2.75, 3.05) is 0 Å². The standard InChI is InChI=1S/C42H36N2S2/c1-41(2,3)22-21-29-17-18-38(45-29)36-23-30(27-13-9-7-10-14-27)32-26-35-33(25-34(32)43-36)31(28-15-11-8-12-16-28)24-37(44-35)39-19-20-40(46-39)42(4,5)6/h7-20,23-26H,1-6H3. The lowest BCUT2D eigenvalue weighted by Gasteiger charge is -2.15. The molecule has 4 aromatic heterocycles. The lowest BCUT2D eigenvalue weighted by molar-refractivity contribution is 0.571. The Hall–Kier alpha value is -4.56. The molecule has 0 bridgehead atoms. The maximum absolute atomic E-state index is 5.31. The molecule has 0 amide bonds. The predicted octanol–water partition coefficient (Wildman–Crippen LogP) is 12.3. The van der Waals surface area contributed by atoms with Crippen LogP contribution in [0.1, 0.15) is 51.3 Å². The van der Waals surface area contributed by atoms with Gasteiger partial charge in [0, 0.05) is 21.1 Å². The molecule has 3 aromatic carbocycles. The Balaban J connectivity index is 1.48. The second-order valence-corrected chi connectivity index (χ2v) is 16.0. The van der Waals surface area contributed by atoms with Crippen molar-refractivity contribution in [1.82, 2.24) is 9.97 Å². The molecule has 0 unspecified atom stereocenters. The van der Waals surface area contributed by atoms with E-state index in [0.717, 1.165) is 59.6 Å². The van der Waals surface area contributed by atoms with Crippen molar-refractivity contribution in [3.63, 3.8) is 0 Å². The van der Waals surface area contributed by atoms with Crippen molar-refractivity contribution in [3.05, 3.63) is 119 Å². The van der Waals surface area contributed by atoms with Gasteiger partial charge in [-0.3, -0.25) is 0 Å². The van der Waals surface area contributed by atoms with Gasteiger partial charge in [-0.05, 0) is 97.0 Å². The number of hydrogen-bond donors (Lipinski definition) is 0. The Bertz CT molecular complexity index is 2270. The van der Waals surface area contributed by atoms with Gasteiger partial charge in [0.15, 0.2) is 0 Å². The van der Waals surface area contributed by atoms with Crippen LogP contribution in [-0.4, -0.2) is 9.97 Å². The van der Waals surface area contributed by atoms with Crippen LogP contribution in [0.2, 0.25) is 0 Å². The molecule has 7 aromatic rings. The summed E-state index contributed by atoms with van der Waals surface area (Å²) >= 11 is 3.53. The van der Waals surface area contributed by atoms with Crippen molar-refractivity contribution >= 4 is 44.5 Å². The highest BCUT2D eigenvalue weighted by molar-refractivity contribution is 7.16. The van der Waals surface area contributed by atoms with E-state index in [1.54, 1.807) is 11.3 Å². The third-order valence-electron chi connectivity index (χ3n) is 7.92. The molecule has 0 fully saturated rings. The van der Waals surface area contributed by atoms with Gasteiger partial charge in [-0.15, -0.1) is 22.7 Å². The number of thiophene rings is 2. The minimum Gasteiger partial charge on any atom is -0.247 e. The fraction of sp³-hybridized carbons (Fsp3) is 0.190. The minimum atomic E-state index is -0.0460. The van der Waals surface area contributed by atoms with Gasteiger partial charge in [-0.2, -0.15) is 0 Å². The maximum Gasteiger partial charge on any atom is 0.0816 e. The largest absolute Gasteiger partial charge is 0.247 e. The summed E-state index contributed by atoms with van der Waals surface area (Å²) in [5, 5.41) is 2.19. The van der Waals surface area contributed by atoms with Crippen LogP contribution in [0, 0.1) is 17.3 Å². The first kappa shape index (κ1) is 30.1. The van der Waals surface area contributed by atoms with Crippen LogP contribution in [0.15, 0.2) is 109 Å². The molecule has 0 saturated heterocycles. The SMILES string of the molecule is CC(C)(C)C#Cc1ccc(-c2cc(-c3ccccc3)c3cc4nc(-c5ccc(C(C)(C)C)s5)cc(-c5ccccc5)c4cc3n2)s1. The zero-order chi connectivity index (χ0) is 32.1. The van der Waals surface area contributed by atoms with Crippen LogP contribution in [-0.2, 0) is 5.41 Å².